The monoisotopic (exact) mass is 656 g/mol. The molecule has 1 saturated heterocycles. The highest BCUT2D eigenvalue weighted by atomic mass is 16.6. The van der Waals surface area contributed by atoms with Crippen molar-refractivity contribution in [2.24, 2.45) is 4.99 Å². The summed E-state index contributed by atoms with van der Waals surface area (Å²) in [6.07, 6.45) is 3.26. The van der Waals surface area contributed by atoms with Gasteiger partial charge in [0.1, 0.15) is 29.2 Å². The molecule has 0 saturated carbocycles. The van der Waals surface area contributed by atoms with Gasteiger partial charge in [0, 0.05) is 86.7 Å². The normalized spacial score (nSPS) is 15.6. The van der Waals surface area contributed by atoms with Gasteiger partial charge in [-0.3, -0.25) is 9.89 Å². The lowest BCUT2D eigenvalue weighted by atomic mass is 10.2. The van der Waals surface area contributed by atoms with Gasteiger partial charge in [-0.15, -0.1) is 0 Å². The summed E-state index contributed by atoms with van der Waals surface area (Å²) in [6, 6.07) is 5.38. The minimum Gasteiger partial charge on any atom is -0.497 e. The van der Waals surface area contributed by atoms with Gasteiger partial charge in [-0.1, -0.05) is 13.5 Å². The number of imide groups is 1. The molecule has 13 nitrogen and oxygen atoms in total. The maximum atomic E-state index is 14.1. The summed E-state index contributed by atoms with van der Waals surface area (Å²) in [7, 11) is 11.6. The third-order valence-corrected chi connectivity index (χ3v) is 7.79. The first kappa shape index (κ1) is 39.0. The van der Waals surface area contributed by atoms with Crippen molar-refractivity contribution >= 4 is 35.0 Å². The van der Waals surface area contributed by atoms with E-state index in [0.29, 0.717) is 23.1 Å². The summed E-state index contributed by atoms with van der Waals surface area (Å²) in [5.74, 6) is 1.47. The zero-order valence-electron chi connectivity index (χ0n) is 30.2. The summed E-state index contributed by atoms with van der Waals surface area (Å²) < 4.78 is 16.5. The van der Waals surface area contributed by atoms with Crippen LogP contribution in [0.1, 0.15) is 34.1 Å². The lowest BCUT2D eigenvalue weighted by molar-refractivity contribution is -0.0340. The first-order valence-corrected chi connectivity index (χ1v) is 15.8. The Morgan fingerprint density at radius 2 is 1.74 bits per heavy atom. The average molecular weight is 657 g/mol. The van der Waals surface area contributed by atoms with E-state index >= 15 is 0 Å². The predicted molar refractivity (Wildman–Crippen MR) is 191 cm³/mol. The van der Waals surface area contributed by atoms with Crippen LogP contribution in [0.2, 0.25) is 0 Å². The van der Waals surface area contributed by atoms with E-state index < -0.39 is 24.0 Å². The van der Waals surface area contributed by atoms with Crippen molar-refractivity contribution in [1.29, 1.82) is 0 Å². The van der Waals surface area contributed by atoms with Crippen molar-refractivity contribution < 1.29 is 23.8 Å². The van der Waals surface area contributed by atoms with Gasteiger partial charge in [0.2, 0.25) is 0 Å². The Morgan fingerprint density at radius 1 is 1.11 bits per heavy atom. The van der Waals surface area contributed by atoms with E-state index in [9.17, 15) is 9.59 Å². The Hall–Kier alpha value is -4.23. The number of urea groups is 1. The van der Waals surface area contributed by atoms with Crippen molar-refractivity contribution in [3.05, 3.63) is 54.6 Å². The fourth-order valence-corrected chi connectivity index (χ4v) is 5.11. The van der Waals surface area contributed by atoms with Crippen molar-refractivity contribution in [2.45, 2.75) is 45.9 Å². The van der Waals surface area contributed by atoms with Gasteiger partial charge in [-0.05, 0) is 57.7 Å². The second kappa shape index (κ2) is 17.6. The molecular weight excluding hydrogens is 600 g/mol. The molecule has 47 heavy (non-hydrogen) atoms. The number of benzene rings is 1. The number of piperazine rings is 1. The Morgan fingerprint density at radius 3 is 2.21 bits per heavy atom. The summed E-state index contributed by atoms with van der Waals surface area (Å²) in [4.78, 5) is 42.9. The number of nitrogen functional groups attached to an aromatic ring is 1. The van der Waals surface area contributed by atoms with Crippen LogP contribution < -0.4 is 15.5 Å². The lowest BCUT2D eigenvalue weighted by Crippen LogP contribution is -2.53. The highest BCUT2D eigenvalue weighted by molar-refractivity contribution is 6.07. The maximum Gasteiger partial charge on any atom is 0.420 e. The molecule has 2 rings (SSSR count). The van der Waals surface area contributed by atoms with Gasteiger partial charge in [-0.2, -0.15) is 0 Å². The SMILES string of the molecule is C=C/C(=C\CC(OC)N(C(=O)OC(C)(C)C)C(=O)N(C)/C(=C/C(=NC)N(C)c1ccc(N2CCN(CC)CC2)cc1N)N(C)C)OC. The van der Waals surface area contributed by atoms with Crippen LogP contribution in [0.25, 0.3) is 0 Å². The number of ether oxygens (including phenoxy) is 3. The Bertz CT molecular complexity index is 1310. The molecule has 0 aromatic heterocycles. The van der Waals surface area contributed by atoms with Crippen LogP contribution >= 0.6 is 0 Å². The van der Waals surface area contributed by atoms with Gasteiger partial charge in [0.05, 0.1) is 18.5 Å². The highest BCUT2D eigenvalue weighted by Gasteiger charge is 2.37. The molecule has 1 unspecified atom stereocenters. The quantitative estimate of drug-likeness (QED) is 0.0851. The van der Waals surface area contributed by atoms with Crippen LogP contribution in [-0.4, -0.2) is 132 Å². The van der Waals surface area contributed by atoms with E-state index in [1.165, 1.54) is 25.2 Å². The number of anilines is 3. The smallest absolute Gasteiger partial charge is 0.420 e. The zero-order valence-corrected chi connectivity index (χ0v) is 30.2. The number of amidine groups is 1. The molecule has 1 heterocycles. The second-order valence-electron chi connectivity index (χ2n) is 12.3. The minimum absolute atomic E-state index is 0.138. The van der Waals surface area contributed by atoms with Crippen LogP contribution in [-0.2, 0) is 14.2 Å². The number of allylic oxidation sites excluding steroid dienone is 1. The molecule has 262 valence electrons. The summed E-state index contributed by atoms with van der Waals surface area (Å²) >= 11 is 0. The number of likely N-dealkylation sites (N-methyl/N-ethyl adjacent to an activating group) is 2. The highest BCUT2D eigenvalue weighted by Crippen LogP contribution is 2.29. The number of methoxy groups -OCH3 is 2. The van der Waals surface area contributed by atoms with Crippen LogP contribution in [0.4, 0.5) is 26.7 Å². The first-order valence-electron chi connectivity index (χ1n) is 15.8. The van der Waals surface area contributed by atoms with Gasteiger partial charge >= 0.3 is 12.1 Å². The molecular formula is C34H56N8O5. The minimum atomic E-state index is -1.00. The largest absolute Gasteiger partial charge is 0.497 e. The van der Waals surface area contributed by atoms with E-state index in [1.807, 2.05) is 24.1 Å². The molecule has 1 fully saturated rings. The third kappa shape index (κ3) is 10.6. The molecule has 0 spiro atoms. The van der Waals surface area contributed by atoms with E-state index in [-0.39, 0.29) is 6.42 Å². The molecule has 0 radical (unpaired) electrons. The number of hydrogen-bond acceptors (Lipinski definition) is 10. The number of nitrogens with two attached hydrogens (primary N) is 1. The molecule has 0 aliphatic carbocycles. The summed E-state index contributed by atoms with van der Waals surface area (Å²) in [5, 5.41) is 0. The van der Waals surface area contributed by atoms with Crippen molar-refractivity contribution in [1.82, 2.24) is 19.6 Å². The molecule has 1 atom stereocenters. The fraction of sp³-hybridized carbons (Fsp3) is 0.559. The second-order valence-corrected chi connectivity index (χ2v) is 12.3. The number of rotatable bonds is 12. The Balaban J connectivity index is 2.44. The maximum absolute atomic E-state index is 14.1. The number of amides is 3. The van der Waals surface area contributed by atoms with Crippen LogP contribution in [0.3, 0.4) is 0 Å². The number of aliphatic imine (C=N–C) groups is 1. The number of carbonyl (C=O) groups excluding carboxylic acids is 2. The van der Waals surface area contributed by atoms with Gasteiger partial charge in [0.15, 0.2) is 0 Å². The average Bonchev–Trinajstić information content (AvgIpc) is 3.03. The standard InChI is InChI=1S/C34H56N8O5/c1-13-26(45-11)16-18-31(46-12)42(33(44)47-34(3,4)5)32(43)39(10)30(37(7)8)24-29(36-6)38(9)28-17-15-25(23-27(28)35)41-21-19-40(14-2)20-22-41/h13,15-17,23-24,31H,1,14,18-22,35H2,2-12H3/b26-16+,30-24+,36-29?. The summed E-state index contributed by atoms with van der Waals surface area (Å²) in [5.41, 5.74) is 8.19. The Kier molecular flexibility index (Phi) is 14.6. The van der Waals surface area contributed by atoms with Crippen molar-refractivity contribution in [2.75, 3.05) is 97.7 Å². The first-order chi connectivity index (χ1) is 22.1. The van der Waals surface area contributed by atoms with Crippen LogP contribution in [0, 0.1) is 0 Å². The topological polar surface area (TPSA) is 120 Å². The summed E-state index contributed by atoms with van der Waals surface area (Å²) in [6.45, 7) is 16.1. The molecule has 1 aliphatic heterocycles. The lowest BCUT2D eigenvalue weighted by Gasteiger charge is -2.36. The molecule has 13 heteroatoms. The zero-order chi connectivity index (χ0) is 35.5. The van der Waals surface area contributed by atoms with Crippen LogP contribution in [0.15, 0.2) is 59.6 Å². The number of carbonyl (C=O) groups is 2. The molecule has 1 aromatic carbocycles. The van der Waals surface area contributed by atoms with E-state index in [0.717, 1.165) is 49.0 Å². The molecule has 2 N–H and O–H groups in total. The van der Waals surface area contributed by atoms with Crippen molar-refractivity contribution in [3.63, 3.8) is 0 Å². The van der Waals surface area contributed by atoms with Gasteiger partial charge < -0.3 is 39.5 Å². The Labute approximate surface area is 281 Å². The number of hydrogen-bond donors (Lipinski definition) is 1. The van der Waals surface area contributed by atoms with Gasteiger partial charge in [-0.25, -0.2) is 14.5 Å². The van der Waals surface area contributed by atoms with E-state index in [4.69, 9.17) is 19.9 Å². The van der Waals surface area contributed by atoms with Gasteiger partial charge in [0.25, 0.3) is 0 Å². The van der Waals surface area contributed by atoms with E-state index in [2.05, 4.69) is 34.4 Å². The molecule has 1 aliphatic rings. The number of nitrogens with zero attached hydrogens (tertiary/aromatic N) is 7. The van der Waals surface area contributed by atoms with Crippen LogP contribution in [0.5, 0.6) is 0 Å². The molecule has 0 bridgehead atoms. The third-order valence-electron chi connectivity index (χ3n) is 7.79. The fourth-order valence-electron chi connectivity index (χ4n) is 5.11. The van der Waals surface area contributed by atoms with E-state index in [1.54, 1.807) is 66.0 Å². The molecule has 1 aromatic rings. The predicted octanol–water partition coefficient (Wildman–Crippen LogP) is 4.65. The van der Waals surface area contributed by atoms with Crippen molar-refractivity contribution in [3.8, 4) is 0 Å². The molecule has 3 amide bonds.